The van der Waals surface area contributed by atoms with Crippen LogP contribution in [0.3, 0.4) is 0 Å². The SMILES string of the molecule is CC(C)C(C)C(C(C)C)C(C)C(C)(C)C(C)C. The van der Waals surface area contributed by atoms with Crippen LogP contribution < -0.4 is 0 Å². The van der Waals surface area contributed by atoms with Crippen LogP contribution in [0.5, 0.6) is 0 Å². The van der Waals surface area contributed by atoms with Crippen molar-refractivity contribution in [3.05, 3.63) is 0 Å². The Kier molecular flexibility index (Phi) is 6.25. The van der Waals surface area contributed by atoms with Crippen molar-refractivity contribution in [1.82, 2.24) is 0 Å². The first-order valence-corrected chi connectivity index (χ1v) is 7.53. The van der Waals surface area contributed by atoms with Crippen molar-refractivity contribution in [2.45, 2.75) is 69.2 Å². The standard InChI is InChI=1S/C17H36/c1-11(2)14(7)16(12(3)4)15(8)17(9,10)13(5)6/h11-16H,1-10H3. The van der Waals surface area contributed by atoms with Crippen LogP contribution in [0.25, 0.3) is 0 Å². The molecule has 104 valence electrons. The first-order valence-electron chi connectivity index (χ1n) is 7.53. The van der Waals surface area contributed by atoms with E-state index in [-0.39, 0.29) is 0 Å². The van der Waals surface area contributed by atoms with Crippen LogP contribution in [0.15, 0.2) is 0 Å². The van der Waals surface area contributed by atoms with E-state index in [2.05, 4.69) is 69.2 Å². The minimum Gasteiger partial charge on any atom is -0.0625 e. The van der Waals surface area contributed by atoms with E-state index in [1.54, 1.807) is 0 Å². The monoisotopic (exact) mass is 240 g/mol. The maximum Gasteiger partial charge on any atom is -0.0303 e. The van der Waals surface area contributed by atoms with Crippen LogP contribution in [-0.2, 0) is 0 Å². The molecule has 0 radical (unpaired) electrons. The van der Waals surface area contributed by atoms with Gasteiger partial charge in [0.25, 0.3) is 0 Å². The lowest BCUT2D eigenvalue weighted by molar-refractivity contribution is 0.0331. The van der Waals surface area contributed by atoms with Crippen molar-refractivity contribution in [2.24, 2.45) is 40.9 Å². The molecule has 0 aliphatic heterocycles. The second-order valence-electron chi connectivity index (χ2n) is 7.69. The average molecular weight is 240 g/mol. The number of hydrogen-bond acceptors (Lipinski definition) is 0. The van der Waals surface area contributed by atoms with Crippen molar-refractivity contribution in [2.75, 3.05) is 0 Å². The van der Waals surface area contributed by atoms with Crippen LogP contribution in [0.2, 0.25) is 0 Å². The fourth-order valence-corrected chi connectivity index (χ4v) is 3.11. The summed E-state index contributed by atoms with van der Waals surface area (Å²) in [6.45, 7) is 24.1. The summed E-state index contributed by atoms with van der Waals surface area (Å²) in [6, 6.07) is 0. The molecule has 3 atom stereocenters. The molecular weight excluding hydrogens is 204 g/mol. The highest BCUT2D eigenvalue weighted by molar-refractivity contribution is 4.87. The Morgan fingerprint density at radius 2 is 1.06 bits per heavy atom. The minimum absolute atomic E-state index is 0.429. The minimum atomic E-state index is 0.429. The molecule has 0 saturated carbocycles. The van der Waals surface area contributed by atoms with Gasteiger partial charge in [0, 0.05) is 0 Å². The van der Waals surface area contributed by atoms with Gasteiger partial charge in [-0.2, -0.15) is 0 Å². The molecule has 0 spiro atoms. The van der Waals surface area contributed by atoms with Crippen LogP contribution in [0, 0.1) is 40.9 Å². The number of hydrogen-bond donors (Lipinski definition) is 0. The van der Waals surface area contributed by atoms with Gasteiger partial charge in [-0.15, -0.1) is 0 Å². The van der Waals surface area contributed by atoms with Crippen molar-refractivity contribution in [1.29, 1.82) is 0 Å². The van der Waals surface area contributed by atoms with Crippen LogP contribution in [-0.4, -0.2) is 0 Å². The van der Waals surface area contributed by atoms with E-state index in [4.69, 9.17) is 0 Å². The molecule has 0 fully saturated rings. The Bertz CT molecular complexity index is 210. The van der Waals surface area contributed by atoms with E-state index < -0.39 is 0 Å². The first-order chi connectivity index (χ1) is 7.53. The van der Waals surface area contributed by atoms with Crippen LogP contribution in [0.1, 0.15) is 69.2 Å². The van der Waals surface area contributed by atoms with Crippen molar-refractivity contribution in [3.8, 4) is 0 Å². The van der Waals surface area contributed by atoms with Gasteiger partial charge in [-0.25, -0.2) is 0 Å². The van der Waals surface area contributed by atoms with Gasteiger partial charge in [0.15, 0.2) is 0 Å². The lowest BCUT2D eigenvalue weighted by atomic mass is 9.60. The normalized spacial score (nSPS) is 18.9. The highest BCUT2D eigenvalue weighted by atomic mass is 14.4. The zero-order chi connectivity index (χ0) is 14.0. The zero-order valence-corrected chi connectivity index (χ0v) is 14.0. The fraction of sp³-hybridized carbons (Fsp3) is 1.00. The maximum atomic E-state index is 2.48. The topological polar surface area (TPSA) is 0 Å². The Labute approximate surface area is 111 Å². The van der Waals surface area contributed by atoms with Gasteiger partial charge in [-0.3, -0.25) is 0 Å². The van der Waals surface area contributed by atoms with E-state index in [1.807, 2.05) is 0 Å². The van der Waals surface area contributed by atoms with E-state index in [0.717, 1.165) is 35.5 Å². The number of rotatable bonds is 6. The molecule has 0 amide bonds. The molecule has 0 saturated heterocycles. The van der Waals surface area contributed by atoms with E-state index >= 15 is 0 Å². The third-order valence-corrected chi connectivity index (χ3v) is 5.67. The summed E-state index contributed by atoms with van der Waals surface area (Å²) in [4.78, 5) is 0. The Balaban J connectivity index is 5.08. The largest absolute Gasteiger partial charge is 0.0625 e. The van der Waals surface area contributed by atoms with Gasteiger partial charge in [-0.1, -0.05) is 69.2 Å². The summed E-state index contributed by atoms with van der Waals surface area (Å²) in [5.74, 6) is 4.72. The average Bonchev–Trinajstić information content (AvgIpc) is 2.16. The fourth-order valence-electron chi connectivity index (χ4n) is 3.11. The summed E-state index contributed by atoms with van der Waals surface area (Å²) in [5, 5.41) is 0. The summed E-state index contributed by atoms with van der Waals surface area (Å²) in [6.07, 6.45) is 0. The molecule has 0 heterocycles. The summed E-state index contributed by atoms with van der Waals surface area (Å²) in [5.41, 5.74) is 0.429. The molecule has 0 nitrogen and oxygen atoms in total. The zero-order valence-electron chi connectivity index (χ0n) is 14.0. The van der Waals surface area contributed by atoms with Crippen LogP contribution in [0.4, 0.5) is 0 Å². The Morgan fingerprint density at radius 1 is 0.647 bits per heavy atom. The molecule has 17 heavy (non-hydrogen) atoms. The van der Waals surface area contributed by atoms with Crippen molar-refractivity contribution >= 4 is 0 Å². The molecule has 0 N–H and O–H groups in total. The van der Waals surface area contributed by atoms with Gasteiger partial charge in [0.2, 0.25) is 0 Å². The maximum absolute atomic E-state index is 2.48. The first kappa shape index (κ1) is 17.0. The van der Waals surface area contributed by atoms with E-state index in [9.17, 15) is 0 Å². The molecule has 0 bridgehead atoms. The molecule has 3 unspecified atom stereocenters. The van der Waals surface area contributed by atoms with Gasteiger partial charge in [0.1, 0.15) is 0 Å². The second-order valence-corrected chi connectivity index (χ2v) is 7.69. The van der Waals surface area contributed by atoms with Gasteiger partial charge in [0.05, 0.1) is 0 Å². The molecule has 0 aromatic rings. The van der Waals surface area contributed by atoms with Gasteiger partial charge >= 0.3 is 0 Å². The molecule has 0 aliphatic rings. The van der Waals surface area contributed by atoms with E-state index in [0.29, 0.717) is 5.41 Å². The third-order valence-electron chi connectivity index (χ3n) is 5.67. The predicted molar refractivity (Wildman–Crippen MR) is 80.1 cm³/mol. The molecular formula is C17H36. The molecule has 0 aromatic heterocycles. The smallest absolute Gasteiger partial charge is 0.0303 e. The summed E-state index contributed by atoms with van der Waals surface area (Å²) >= 11 is 0. The molecule has 0 heteroatoms. The van der Waals surface area contributed by atoms with Gasteiger partial charge < -0.3 is 0 Å². The van der Waals surface area contributed by atoms with Crippen LogP contribution >= 0.6 is 0 Å². The predicted octanol–water partition coefficient (Wildman–Crippen LogP) is 5.87. The van der Waals surface area contributed by atoms with Crippen molar-refractivity contribution in [3.63, 3.8) is 0 Å². The Morgan fingerprint density at radius 3 is 1.29 bits per heavy atom. The quantitative estimate of drug-likeness (QED) is 0.545. The van der Waals surface area contributed by atoms with E-state index in [1.165, 1.54) is 0 Å². The summed E-state index contributed by atoms with van der Waals surface area (Å²) in [7, 11) is 0. The third kappa shape index (κ3) is 4.00. The second kappa shape index (κ2) is 6.25. The van der Waals surface area contributed by atoms with Gasteiger partial charge in [-0.05, 0) is 40.9 Å². The highest BCUT2D eigenvalue weighted by Crippen LogP contribution is 2.45. The molecule has 0 aliphatic carbocycles. The molecule has 0 aromatic carbocycles. The Hall–Kier alpha value is 0. The molecule has 0 rings (SSSR count). The van der Waals surface area contributed by atoms with Crippen molar-refractivity contribution < 1.29 is 0 Å². The highest BCUT2D eigenvalue weighted by Gasteiger charge is 2.38. The lowest BCUT2D eigenvalue weighted by Crippen LogP contribution is -2.39. The summed E-state index contributed by atoms with van der Waals surface area (Å²) < 4.78 is 0. The lowest BCUT2D eigenvalue weighted by Gasteiger charge is -2.45.